The number of aromatic nitrogens is 1. The number of rotatable bonds is 3. The molecule has 7 nitrogen and oxygen atoms in total. The number of aliphatic imine (C=N–C) groups is 1. The summed E-state index contributed by atoms with van der Waals surface area (Å²) in [5.74, 6) is -0.515. The third-order valence-electron chi connectivity index (χ3n) is 4.80. The van der Waals surface area contributed by atoms with Gasteiger partial charge in [-0.15, -0.1) is 0 Å². The zero-order valence-electron chi connectivity index (χ0n) is 16.6. The van der Waals surface area contributed by atoms with Gasteiger partial charge in [-0.3, -0.25) is 10.2 Å². The Bertz CT molecular complexity index is 1190. The van der Waals surface area contributed by atoms with Crippen molar-refractivity contribution >= 4 is 39.8 Å². The molecule has 2 aliphatic heterocycles. The summed E-state index contributed by atoms with van der Waals surface area (Å²) in [5.41, 5.74) is 3.06. The van der Waals surface area contributed by atoms with Crippen molar-refractivity contribution in [2.24, 2.45) is 10.1 Å². The van der Waals surface area contributed by atoms with Gasteiger partial charge in [0.05, 0.1) is 12.7 Å². The lowest BCUT2D eigenvalue weighted by molar-refractivity contribution is -0.114. The number of nitrogens with zero attached hydrogens (tertiary/aromatic N) is 4. The van der Waals surface area contributed by atoms with Crippen molar-refractivity contribution in [2.45, 2.75) is 20.0 Å². The van der Waals surface area contributed by atoms with Gasteiger partial charge in [-0.25, -0.2) is 0 Å². The Labute approximate surface area is 179 Å². The highest BCUT2D eigenvalue weighted by Crippen LogP contribution is 2.35. The van der Waals surface area contributed by atoms with Crippen LogP contribution in [0.1, 0.15) is 17.0 Å². The Kier molecular flexibility index (Phi) is 5.00. The number of halogens is 3. The number of aryl methyl sites for hydroxylation is 1. The minimum absolute atomic E-state index is 0.133. The third-order valence-corrected chi connectivity index (χ3v) is 5.75. The Morgan fingerprint density at radius 1 is 1.19 bits per heavy atom. The molecule has 160 valence electrons. The highest BCUT2D eigenvalue weighted by molar-refractivity contribution is 8.27. The van der Waals surface area contributed by atoms with Crippen molar-refractivity contribution in [3.8, 4) is 11.4 Å². The summed E-state index contributed by atoms with van der Waals surface area (Å²) < 4.78 is 46.0. The van der Waals surface area contributed by atoms with Crippen molar-refractivity contribution in [1.82, 2.24) is 9.58 Å². The van der Waals surface area contributed by atoms with E-state index in [1.807, 2.05) is 48.7 Å². The van der Waals surface area contributed by atoms with Crippen molar-refractivity contribution in [2.75, 3.05) is 7.11 Å². The quantitative estimate of drug-likeness (QED) is 0.712. The normalized spacial score (nSPS) is 17.7. The van der Waals surface area contributed by atoms with Gasteiger partial charge in [-0.1, -0.05) is 0 Å². The molecular weight excluding hydrogens is 431 g/mol. The molecule has 2 aromatic rings. The van der Waals surface area contributed by atoms with Gasteiger partial charge in [0.2, 0.25) is 10.2 Å². The average molecular weight is 447 g/mol. The maximum Gasteiger partial charge on any atom is 0.441 e. The van der Waals surface area contributed by atoms with Gasteiger partial charge in [0.25, 0.3) is 5.91 Å². The van der Waals surface area contributed by atoms with E-state index in [0.29, 0.717) is 11.3 Å². The van der Waals surface area contributed by atoms with Gasteiger partial charge in [-0.2, -0.15) is 28.3 Å². The van der Waals surface area contributed by atoms with Crippen molar-refractivity contribution in [3.05, 3.63) is 52.9 Å². The average Bonchev–Trinajstić information content (AvgIpc) is 3.26. The monoisotopic (exact) mass is 447 g/mol. The third kappa shape index (κ3) is 3.65. The fourth-order valence-electron chi connectivity index (χ4n) is 3.32. The van der Waals surface area contributed by atoms with Gasteiger partial charge in [0.15, 0.2) is 5.84 Å². The predicted octanol–water partition coefficient (Wildman–Crippen LogP) is 4.28. The lowest BCUT2D eigenvalue weighted by Crippen LogP contribution is -2.35. The van der Waals surface area contributed by atoms with Crippen LogP contribution in [0.25, 0.3) is 11.8 Å². The van der Waals surface area contributed by atoms with Crippen LogP contribution in [0, 0.1) is 19.3 Å². The molecular formula is C20H16F3N5O2S. The molecule has 1 aromatic heterocycles. The van der Waals surface area contributed by atoms with E-state index >= 15 is 0 Å². The molecule has 0 aliphatic carbocycles. The molecule has 4 rings (SSSR count). The van der Waals surface area contributed by atoms with Crippen LogP contribution in [0.3, 0.4) is 0 Å². The molecule has 0 spiro atoms. The Morgan fingerprint density at radius 2 is 1.87 bits per heavy atom. The number of carbonyl (C=O) groups excluding carboxylic acids is 1. The van der Waals surface area contributed by atoms with Crippen LogP contribution in [-0.4, -0.2) is 44.8 Å². The number of ether oxygens (including phenoxy) is 1. The van der Waals surface area contributed by atoms with E-state index < -0.39 is 23.0 Å². The van der Waals surface area contributed by atoms with Gasteiger partial charge >= 0.3 is 6.18 Å². The first-order valence-corrected chi connectivity index (χ1v) is 9.82. The summed E-state index contributed by atoms with van der Waals surface area (Å²) in [6.07, 6.45) is -3.22. The Morgan fingerprint density at radius 3 is 2.48 bits per heavy atom. The highest BCUT2D eigenvalue weighted by Gasteiger charge is 2.46. The number of carbonyl (C=O) groups is 1. The lowest BCUT2D eigenvalue weighted by Gasteiger charge is -2.20. The van der Waals surface area contributed by atoms with E-state index in [1.54, 1.807) is 7.11 Å². The molecule has 2 aliphatic rings. The van der Waals surface area contributed by atoms with Crippen LogP contribution >= 0.6 is 11.8 Å². The van der Waals surface area contributed by atoms with Crippen molar-refractivity contribution in [1.29, 1.82) is 5.41 Å². The summed E-state index contributed by atoms with van der Waals surface area (Å²) in [6.45, 7) is 3.74. The number of amides is 1. The molecule has 1 amide bonds. The van der Waals surface area contributed by atoms with E-state index in [9.17, 15) is 18.0 Å². The second-order valence-corrected chi connectivity index (χ2v) is 7.74. The second kappa shape index (κ2) is 7.41. The Hall–Kier alpha value is -3.34. The van der Waals surface area contributed by atoms with Crippen LogP contribution < -0.4 is 4.74 Å². The number of thioether (sulfide) groups is 1. The molecule has 1 N–H and O–H groups in total. The molecule has 0 fully saturated rings. The summed E-state index contributed by atoms with van der Waals surface area (Å²) in [5, 5.41) is 11.0. The van der Waals surface area contributed by atoms with Gasteiger partial charge in [0.1, 0.15) is 5.75 Å². The number of hydrogen-bond acceptors (Lipinski definition) is 5. The highest BCUT2D eigenvalue weighted by atomic mass is 32.2. The lowest BCUT2D eigenvalue weighted by atomic mass is 10.1. The van der Waals surface area contributed by atoms with E-state index in [0.717, 1.165) is 22.1 Å². The standard InChI is InChI=1S/C20H16F3N5O2S/c1-10-8-12(11(2)27(10)13-4-6-14(30-3)7-5-13)9-15-16(24)28-19(25-17(15)29)31-18(26-28)20(21,22)23/h4-9,24H,1-3H3. The fourth-order valence-corrected chi connectivity index (χ4v) is 4.08. The van der Waals surface area contributed by atoms with Gasteiger partial charge < -0.3 is 9.30 Å². The minimum Gasteiger partial charge on any atom is -0.497 e. The number of methoxy groups -OCH3 is 1. The number of hydrazone groups is 1. The SMILES string of the molecule is COc1ccc(-n2c(C)cc(C=C3C(=N)N4N=C(C(F)(F)F)SC4=NC3=O)c2C)cc1. The number of benzene rings is 1. The van der Waals surface area contributed by atoms with E-state index in [-0.39, 0.29) is 22.5 Å². The zero-order chi connectivity index (χ0) is 22.5. The van der Waals surface area contributed by atoms with Crippen LogP contribution in [0.2, 0.25) is 0 Å². The topological polar surface area (TPSA) is 83.0 Å². The molecule has 0 bridgehead atoms. The number of alkyl halides is 3. The maximum absolute atomic E-state index is 13.0. The molecule has 0 atom stereocenters. The first kappa shape index (κ1) is 20.9. The van der Waals surface area contributed by atoms with Crippen LogP contribution in [0.4, 0.5) is 13.2 Å². The molecule has 0 saturated heterocycles. The van der Waals surface area contributed by atoms with Gasteiger partial charge in [0, 0.05) is 17.1 Å². The Balaban J connectivity index is 1.72. The largest absolute Gasteiger partial charge is 0.497 e. The van der Waals surface area contributed by atoms with Crippen LogP contribution in [0.5, 0.6) is 5.75 Å². The number of fused-ring (bicyclic) bond motifs is 1. The van der Waals surface area contributed by atoms with E-state index in [4.69, 9.17) is 10.1 Å². The molecule has 0 radical (unpaired) electrons. The first-order valence-electron chi connectivity index (χ1n) is 9.01. The predicted molar refractivity (Wildman–Crippen MR) is 113 cm³/mol. The summed E-state index contributed by atoms with van der Waals surface area (Å²) >= 11 is 0.225. The molecule has 1 aromatic carbocycles. The summed E-state index contributed by atoms with van der Waals surface area (Å²) in [7, 11) is 1.58. The maximum atomic E-state index is 13.0. The van der Waals surface area contributed by atoms with Crippen LogP contribution in [-0.2, 0) is 4.79 Å². The second-order valence-electron chi connectivity index (χ2n) is 6.78. The summed E-state index contributed by atoms with van der Waals surface area (Å²) in [4.78, 5) is 16.2. The molecule has 3 heterocycles. The first-order chi connectivity index (χ1) is 14.6. The number of hydrogen-bond donors (Lipinski definition) is 1. The van der Waals surface area contributed by atoms with E-state index in [2.05, 4.69) is 10.1 Å². The molecule has 0 saturated carbocycles. The minimum atomic E-state index is -4.68. The van der Waals surface area contributed by atoms with Crippen molar-refractivity contribution < 1.29 is 22.7 Å². The number of nitrogens with one attached hydrogen (secondary N) is 1. The summed E-state index contributed by atoms with van der Waals surface area (Å²) in [6, 6.07) is 9.24. The zero-order valence-corrected chi connectivity index (χ0v) is 17.4. The fraction of sp³-hybridized carbons (Fsp3) is 0.200. The van der Waals surface area contributed by atoms with Gasteiger partial charge in [-0.05, 0) is 67.6 Å². The van der Waals surface area contributed by atoms with E-state index in [1.165, 1.54) is 6.08 Å². The molecule has 31 heavy (non-hydrogen) atoms. The molecule has 11 heteroatoms. The van der Waals surface area contributed by atoms with Crippen molar-refractivity contribution in [3.63, 3.8) is 0 Å². The molecule has 0 unspecified atom stereocenters. The van der Waals surface area contributed by atoms with Crippen LogP contribution in [0.15, 0.2) is 46.0 Å². The number of amidine groups is 2. The smallest absolute Gasteiger partial charge is 0.441 e.